The summed E-state index contributed by atoms with van der Waals surface area (Å²) >= 11 is 9.18. The average molecular weight is 409 g/mol. The third kappa shape index (κ3) is 4.75. The molecule has 138 valence electrons. The SMILES string of the molecule is C=CCN(Cc1ccc(Cl)s1)C(=O)CCC(=O)N1CCc2sccc2C1. The van der Waals surface area contributed by atoms with Crippen molar-refractivity contribution in [1.82, 2.24) is 9.80 Å². The van der Waals surface area contributed by atoms with Gasteiger partial charge in [0.25, 0.3) is 0 Å². The molecular weight excluding hydrogens is 388 g/mol. The predicted molar refractivity (Wildman–Crippen MR) is 108 cm³/mol. The van der Waals surface area contributed by atoms with Crippen LogP contribution in [0.25, 0.3) is 0 Å². The van der Waals surface area contributed by atoms with Crippen molar-refractivity contribution in [1.29, 1.82) is 0 Å². The number of nitrogens with zero attached hydrogens (tertiary/aromatic N) is 2. The lowest BCUT2D eigenvalue weighted by Gasteiger charge is -2.27. The smallest absolute Gasteiger partial charge is 0.223 e. The molecule has 0 aromatic carbocycles. The van der Waals surface area contributed by atoms with Crippen LogP contribution in [-0.4, -0.2) is 34.7 Å². The van der Waals surface area contributed by atoms with Gasteiger partial charge in [-0.15, -0.1) is 29.3 Å². The lowest BCUT2D eigenvalue weighted by molar-refractivity contribution is -0.137. The molecule has 2 aromatic rings. The van der Waals surface area contributed by atoms with Gasteiger partial charge in [-0.1, -0.05) is 17.7 Å². The number of rotatable bonds is 7. The Bertz CT molecular complexity index is 799. The fraction of sp³-hybridized carbons (Fsp3) is 0.368. The quantitative estimate of drug-likeness (QED) is 0.639. The van der Waals surface area contributed by atoms with Crippen LogP contribution < -0.4 is 0 Å². The number of amides is 2. The molecule has 7 heteroatoms. The van der Waals surface area contributed by atoms with Gasteiger partial charge in [0.05, 0.1) is 10.9 Å². The Balaban J connectivity index is 1.52. The first-order chi connectivity index (χ1) is 12.6. The van der Waals surface area contributed by atoms with Gasteiger partial charge in [0.1, 0.15) is 0 Å². The molecule has 2 amide bonds. The molecule has 0 N–H and O–H groups in total. The molecule has 3 heterocycles. The summed E-state index contributed by atoms with van der Waals surface area (Å²) in [6.07, 6.45) is 3.09. The monoisotopic (exact) mass is 408 g/mol. The minimum Gasteiger partial charge on any atom is -0.338 e. The van der Waals surface area contributed by atoms with Gasteiger partial charge in [-0.25, -0.2) is 0 Å². The summed E-state index contributed by atoms with van der Waals surface area (Å²) in [6.45, 7) is 6.09. The molecule has 0 unspecified atom stereocenters. The van der Waals surface area contributed by atoms with Crippen molar-refractivity contribution in [2.45, 2.75) is 32.4 Å². The number of hydrogen-bond donors (Lipinski definition) is 0. The van der Waals surface area contributed by atoms with Crippen LogP contribution in [0.15, 0.2) is 36.2 Å². The number of thiophene rings is 2. The Morgan fingerprint density at radius 3 is 2.88 bits per heavy atom. The van der Waals surface area contributed by atoms with Crippen molar-refractivity contribution >= 4 is 46.1 Å². The van der Waals surface area contributed by atoms with E-state index in [1.807, 2.05) is 17.0 Å². The highest BCUT2D eigenvalue weighted by Crippen LogP contribution is 2.25. The summed E-state index contributed by atoms with van der Waals surface area (Å²) in [5, 5.41) is 2.08. The van der Waals surface area contributed by atoms with Gasteiger partial charge >= 0.3 is 0 Å². The summed E-state index contributed by atoms with van der Waals surface area (Å²) in [5.41, 5.74) is 1.24. The van der Waals surface area contributed by atoms with Crippen molar-refractivity contribution in [3.63, 3.8) is 0 Å². The molecule has 1 aliphatic heterocycles. The highest BCUT2D eigenvalue weighted by atomic mass is 35.5. The van der Waals surface area contributed by atoms with Crippen LogP contribution in [0.3, 0.4) is 0 Å². The van der Waals surface area contributed by atoms with Gasteiger partial charge in [0, 0.05) is 42.2 Å². The number of carbonyl (C=O) groups is 2. The van der Waals surface area contributed by atoms with Crippen LogP contribution in [0.1, 0.15) is 28.2 Å². The second-order valence-electron chi connectivity index (χ2n) is 6.20. The van der Waals surface area contributed by atoms with Gasteiger partial charge in [0.15, 0.2) is 0 Å². The maximum absolute atomic E-state index is 12.6. The fourth-order valence-corrected chi connectivity index (χ4v) is 5.02. The van der Waals surface area contributed by atoms with Crippen LogP contribution in [0.4, 0.5) is 0 Å². The molecule has 26 heavy (non-hydrogen) atoms. The Kier molecular flexibility index (Phi) is 6.51. The Labute approximate surface area is 166 Å². The van der Waals surface area contributed by atoms with E-state index >= 15 is 0 Å². The lowest BCUT2D eigenvalue weighted by Crippen LogP contribution is -2.36. The molecule has 0 spiro atoms. The van der Waals surface area contributed by atoms with E-state index in [0.29, 0.717) is 24.0 Å². The fourth-order valence-electron chi connectivity index (χ4n) is 3.03. The van der Waals surface area contributed by atoms with Crippen molar-refractivity contribution in [2.75, 3.05) is 13.1 Å². The maximum Gasteiger partial charge on any atom is 0.223 e. The number of carbonyl (C=O) groups excluding carboxylic acids is 2. The van der Waals surface area contributed by atoms with Crippen LogP contribution in [-0.2, 0) is 29.1 Å². The Morgan fingerprint density at radius 2 is 2.15 bits per heavy atom. The second kappa shape index (κ2) is 8.84. The van der Waals surface area contributed by atoms with E-state index in [4.69, 9.17) is 11.6 Å². The first kappa shape index (κ1) is 19.1. The van der Waals surface area contributed by atoms with E-state index in [1.165, 1.54) is 21.8 Å². The third-order valence-corrected chi connectivity index (χ3v) is 6.63. The lowest BCUT2D eigenvalue weighted by atomic mass is 10.1. The summed E-state index contributed by atoms with van der Waals surface area (Å²) in [5.74, 6) is 0.0175. The van der Waals surface area contributed by atoms with Crippen molar-refractivity contribution in [3.05, 3.63) is 55.9 Å². The zero-order valence-electron chi connectivity index (χ0n) is 14.4. The molecule has 0 fully saturated rings. The first-order valence-corrected chi connectivity index (χ1v) is 10.6. The van der Waals surface area contributed by atoms with Gasteiger partial charge in [0.2, 0.25) is 11.8 Å². The molecule has 0 aliphatic carbocycles. The van der Waals surface area contributed by atoms with Crippen LogP contribution in [0, 0.1) is 0 Å². The van der Waals surface area contributed by atoms with Crippen molar-refractivity contribution in [3.8, 4) is 0 Å². The Hall–Kier alpha value is -1.63. The van der Waals surface area contributed by atoms with E-state index < -0.39 is 0 Å². The van der Waals surface area contributed by atoms with Gasteiger partial charge in [-0.05, 0) is 35.6 Å². The summed E-state index contributed by atoms with van der Waals surface area (Å²) in [4.78, 5) is 31.0. The summed E-state index contributed by atoms with van der Waals surface area (Å²) in [7, 11) is 0. The van der Waals surface area contributed by atoms with Gasteiger partial charge in [-0.2, -0.15) is 0 Å². The highest BCUT2D eigenvalue weighted by molar-refractivity contribution is 7.16. The molecule has 2 aromatic heterocycles. The molecule has 0 atom stereocenters. The standard InChI is InChI=1S/C19H21ClN2O2S2/c1-2-9-21(13-15-3-4-17(20)26-15)18(23)5-6-19(24)22-10-7-16-14(12-22)8-11-25-16/h2-4,8,11H,1,5-7,9-10,12-13H2. The van der Waals surface area contributed by atoms with Gasteiger partial charge < -0.3 is 9.80 Å². The maximum atomic E-state index is 12.6. The molecule has 0 saturated heterocycles. The molecule has 0 saturated carbocycles. The Morgan fingerprint density at radius 1 is 1.31 bits per heavy atom. The number of halogens is 1. The van der Waals surface area contributed by atoms with E-state index in [2.05, 4.69) is 18.0 Å². The van der Waals surface area contributed by atoms with E-state index in [1.54, 1.807) is 22.3 Å². The summed E-state index contributed by atoms with van der Waals surface area (Å²) < 4.78 is 0.707. The first-order valence-electron chi connectivity index (χ1n) is 8.52. The molecular formula is C19H21ClN2O2S2. The topological polar surface area (TPSA) is 40.6 Å². The van der Waals surface area contributed by atoms with E-state index in [0.717, 1.165) is 17.8 Å². The number of hydrogen-bond acceptors (Lipinski definition) is 4. The average Bonchev–Trinajstić information content (AvgIpc) is 3.26. The van der Waals surface area contributed by atoms with Crippen molar-refractivity contribution in [2.24, 2.45) is 0 Å². The van der Waals surface area contributed by atoms with Crippen LogP contribution in [0.2, 0.25) is 4.34 Å². The van der Waals surface area contributed by atoms with Crippen LogP contribution >= 0.6 is 34.3 Å². The third-order valence-electron chi connectivity index (χ3n) is 4.39. The molecule has 4 nitrogen and oxygen atoms in total. The molecule has 3 rings (SSSR count). The molecule has 0 bridgehead atoms. The largest absolute Gasteiger partial charge is 0.338 e. The minimum absolute atomic E-state index is 0.0315. The van der Waals surface area contributed by atoms with Crippen LogP contribution in [0.5, 0.6) is 0 Å². The zero-order chi connectivity index (χ0) is 18.5. The second-order valence-corrected chi connectivity index (χ2v) is 9.00. The van der Waals surface area contributed by atoms with Crippen molar-refractivity contribution < 1.29 is 9.59 Å². The highest BCUT2D eigenvalue weighted by Gasteiger charge is 2.23. The normalized spacial score (nSPS) is 13.3. The minimum atomic E-state index is -0.0315. The summed E-state index contributed by atoms with van der Waals surface area (Å²) in [6, 6.07) is 5.84. The van der Waals surface area contributed by atoms with E-state index in [-0.39, 0.29) is 24.7 Å². The predicted octanol–water partition coefficient (Wildman–Crippen LogP) is 4.34. The zero-order valence-corrected chi connectivity index (χ0v) is 16.8. The molecule has 1 aliphatic rings. The van der Waals surface area contributed by atoms with E-state index in [9.17, 15) is 9.59 Å². The molecule has 0 radical (unpaired) electrons. The van der Waals surface area contributed by atoms with Gasteiger partial charge in [-0.3, -0.25) is 9.59 Å². The number of fused-ring (bicyclic) bond motifs is 1.